The molecule has 1 aliphatic rings. The highest BCUT2D eigenvalue weighted by atomic mass is 127. The molecule has 2 rings (SSSR count). The highest BCUT2D eigenvalue weighted by Crippen LogP contribution is 2.17. The van der Waals surface area contributed by atoms with Crippen molar-refractivity contribution < 1.29 is 9.18 Å². The number of nitrogens with zero attached hydrogens (tertiary/aromatic N) is 1. The molecule has 1 aliphatic carbocycles. The van der Waals surface area contributed by atoms with E-state index in [2.05, 4.69) is 15.6 Å². The number of halogens is 2. The van der Waals surface area contributed by atoms with Crippen LogP contribution in [0.3, 0.4) is 0 Å². The molecule has 1 fully saturated rings. The Morgan fingerprint density at radius 2 is 1.86 bits per heavy atom. The largest absolute Gasteiger partial charge is 0.370 e. The van der Waals surface area contributed by atoms with Gasteiger partial charge in [0.1, 0.15) is 12.4 Å². The molecule has 0 bridgehead atoms. The lowest BCUT2D eigenvalue weighted by molar-refractivity contribution is -0.114. The van der Waals surface area contributed by atoms with Crippen LogP contribution in [0.25, 0.3) is 0 Å². The first-order chi connectivity index (χ1) is 10.1. The van der Waals surface area contributed by atoms with Crippen LogP contribution < -0.4 is 16.4 Å². The molecule has 1 amide bonds. The zero-order valence-corrected chi connectivity index (χ0v) is 14.7. The minimum atomic E-state index is -0.341. The van der Waals surface area contributed by atoms with Crippen LogP contribution in [-0.4, -0.2) is 24.5 Å². The summed E-state index contributed by atoms with van der Waals surface area (Å²) in [6.45, 7) is -0.0526. The van der Waals surface area contributed by atoms with E-state index in [1.807, 2.05) is 0 Å². The molecule has 0 unspecified atom stereocenters. The molecule has 0 saturated heterocycles. The number of aliphatic imine (C=N–C) groups is 1. The Balaban J connectivity index is 0.00000242. The Hall–Kier alpha value is -1.38. The Labute approximate surface area is 147 Å². The van der Waals surface area contributed by atoms with Crippen LogP contribution in [0.4, 0.5) is 10.1 Å². The van der Waals surface area contributed by atoms with Gasteiger partial charge in [-0.3, -0.25) is 4.79 Å². The lowest BCUT2D eigenvalue weighted by Gasteiger charge is -2.23. The van der Waals surface area contributed by atoms with E-state index in [-0.39, 0.29) is 42.2 Å². The summed E-state index contributed by atoms with van der Waals surface area (Å²) in [6, 6.07) is 5.94. The second kappa shape index (κ2) is 9.60. The van der Waals surface area contributed by atoms with E-state index < -0.39 is 0 Å². The maximum atomic E-state index is 12.7. The molecule has 5 nitrogen and oxygen atoms in total. The van der Waals surface area contributed by atoms with Crippen LogP contribution in [0.15, 0.2) is 29.3 Å². The molecule has 1 aromatic carbocycles. The number of amides is 1. The lowest BCUT2D eigenvalue weighted by atomic mass is 9.96. The van der Waals surface area contributed by atoms with Crippen molar-refractivity contribution >= 4 is 41.5 Å². The Morgan fingerprint density at radius 1 is 1.23 bits per heavy atom. The summed E-state index contributed by atoms with van der Waals surface area (Å²) < 4.78 is 12.7. The van der Waals surface area contributed by atoms with Crippen molar-refractivity contribution in [3.63, 3.8) is 0 Å². The third-order valence-corrected chi connectivity index (χ3v) is 3.48. The van der Waals surface area contributed by atoms with Crippen LogP contribution >= 0.6 is 24.0 Å². The molecular weight excluding hydrogens is 398 g/mol. The van der Waals surface area contributed by atoms with Gasteiger partial charge < -0.3 is 16.4 Å². The summed E-state index contributed by atoms with van der Waals surface area (Å²) in [5.74, 6) is -0.321. The second-order valence-electron chi connectivity index (χ2n) is 5.24. The molecule has 122 valence electrons. The maximum Gasteiger partial charge on any atom is 0.246 e. The molecule has 0 radical (unpaired) electrons. The number of nitrogens with two attached hydrogens (primary N) is 1. The van der Waals surface area contributed by atoms with Crippen molar-refractivity contribution in [2.45, 2.75) is 38.1 Å². The molecule has 0 spiro atoms. The van der Waals surface area contributed by atoms with E-state index in [0.29, 0.717) is 17.7 Å². The lowest BCUT2D eigenvalue weighted by Crippen LogP contribution is -2.41. The summed E-state index contributed by atoms with van der Waals surface area (Å²) in [5.41, 5.74) is 6.31. The first-order valence-corrected chi connectivity index (χ1v) is 7.25. The molecule has 0 aromatic heterocycles. The number of guanidine groups is 1. The smallest absolute Gasteiger partial charge is 0.246 e. The molecule has 0 aliphatic heterocycles. The van der Waals surface area contributed by atoms with Gasteiger partial charge in [-0.1, -0.05) is 19.3 Å². The fourth-order valence-corrected chi connectivity index (χ4v) is 2.39. The fourth-order valence-electron chi connectivity index (χ4n) is 2.39. The predicted molar refractivity (Wildman–Crippen MR) is 96.9 cm³/mol. The Morgan fingerprint density at radius 3 is 2.50 bits per heavy atom. The average Bonchev–Trinajstić information content (AvgIpc) is 2.49. The van der Waals surface area contributed by atoms with Gasteiger partial charge in [-0.25, -0.2) is 9.38 Å². The van der Waals surface area contributed by atoms with Gasteiger partial charge in [0.2, 0.25) is 5.91 Å². The molecule has 7 heteroatoms. The van der Waals surface area contributed by atoms with E-state index >= 15 is 0 Å². The predicted octanol–water partition coefficient (Wildman–Crippen LogP) is 2.62. The first kappa shape index (κ1) is 18.7. The van der Waals surface area contributed by atoms with Crippen LogP contribution in [0.1, 0.15) is 32.1 Å². The van der Waals surface area contributed by atoms with Gasteiger partial charge in [0.05, 0.1) is 0 Å². The Bertz CT molecular complexity index is 501. The highest BCUT2D eigenvalue weighted by molar-refractivity contribution is 14.0. The van der Waals surface area contributed by atoms with E-state index in [1.165, 1.54) is 43.5 Å². The average molecular weight is 420 g/mol. The molecule has 0 atom stereocenters. The molecule has 1 saturated carbocycles. The first-order valence-electron chi connectivity index (χ1n) is 7.25. The summed E-state index contributed by atoms with van der Waals surface area (Å²) in [6.07, 6.45) is 5.87. The third kappa shape index (κ3) is 6.59. The van der Waals surface area contributed by atoms with Gasteiger partial charge >= 0.3 is 0 Å². The van der Waals surface area contributed by atoms with Crippen LogP contribution in [-0.2, 0) is 4.79 Å². The maximum absolute atomic E-state index is 12.7. The zero-order valence-electron chi connectivity index (χ0n) is 12.3. The normalized spacial score (nSPS) is 15.8. The summed E-state index contributed by atoms with van der Waals surface area (Å²) in [4.78, 5) is 15.7. The van der Waals surface area contributed by atoms with Gasteiger partial charge in [-0.15, -0.1) is 24.0 Å². The number of rotatable bonds is 4. The molecule has 4 N–H and O–H groups in total. The van der Waals surface area contributed by atoms with E-state index in [4.69, 9.17) is 5.73 Å². The SMILES string of the molecule is I.NC(=NCC(=O)Nc1ccc(F)cc1)NC1CCCCC1. The summed E-state index contributed by atoms with van der Waals surface area (Å²) >= 11 is 0. The fraction of sp³-hybridized carbons (Fsp3) is 0.467. The van der Waals surface area contributed by atoms with Crippen molar-refractivity contribution in [1.82, 2.24) is 5.32 Å². The van der Waals surface area contributed by atoms with Crippen LogP contribution in [0, 0.1) is 5.82 Å². The summed E-state index contributed by atoms with van der Waals surface area (Å²) in [5, 5.41) is 5.78. The molecular formula is C15H22FIN4O. The van der Waals surface area contributed by atoms with Crippen molar-refractivity contribution in [3.8, 4) is 0 Å². The number of carbonyl (C=O) groups is 1. The van der Waals surface area contributed by atoms with Gasteiger partial charge in [-0.05, 0) is 37.1 Å². The Kier molecular flexibility index (Phi) is 8.15. The van der Waals surface area contributed by atoms with Crippen molar-refractivity contribution in [1.29, 1.82) is 0 Å². The number of anilines is 1. The monoisotopic (exact) mass is 420 g/mol. The molecule has 22 heavy (non-hydrogen) atoms. The minimum Gasteiger partial charge on any atom is -0.370 e. The summed E-state index contributed by atoms with van der Waals surface area (Å²) in [7, 11) is 0. The van der Waals surface area contributed by atoms with Crippen LogP contribution in [0.5, 0.6) is 0 Å². The van der Waals surface area contributed by atoms with E-state index in [9.17, 15) is 9.18 Å². The van der Waals surface area contributed by atoms with Gasteiger partial charge in [0.15, 0.2) is 5.96 Å². The quantitative estimate of drug-likeness (QED) is 0.398. The van der Waals surface area contributed by atoms with Crippen molar-refractivity contribution in [2.24, 2.45) is 10.7 Å². The third-order valence-electron chi connectivity index (χ3n) is 3.48. The zero-order chi connectivity index (χ0) is 15.1. The van der Waals surface area contributed by atoms with Crippen molar-refractivity contribution in [3.05, 3.63) is 30.1 Å². The number of nitrogens with one attached hydrogen (secondary N) is 2. The molecule has 0 heterocycles. The van der Waals surface area contributed by atoms with E-state index in [0.717, 1.165) is 12.8 Å². The molecule has 1 aromatic rings. The topological polar surface area (TPSA) is 79.5 Å². The minimum absolute atomic E-state index is 0. The highest BCUT2D eigenvalue weighted by Gasteiger charge is 2.13. The second-order valence-corrected chi connectivity index (χ2v) is 5.24. The van der Waals surface area contributed by atoms with Crippen LogP contribution in [0.2, 0.25) is 0 Å². The van der Waals surface area contributed by atoms with Gasteiger partial charge in [0.25, 0.3) is 0 Å². The standard InChI is InChI=1S/C15H21FN4O.HI/c16-11-6-8-13(9-7-11)19-14(21)10-18-15(17)20-12-4-2-1-3-5-12;/h6-9,12H,1-5,10H2,(H,19,21)(H3,17,18,20);1H. The number of hydrogen-bond donors (Lipinski definition) is 3. The van der Waals surface area contributed by atoms with Gasteiger partial charge in [0, 0.05) is 11.7 Å². The van der Waals surface area contributed by atoms with Crippen molar-refractivity contribution in [2.75, 3.05) is 11.9 Å². The van der Waals surface area contributed by atoms with Gasteiger partial charge in [-0.2, -0.15) is 0 Å². The number of carbonyl (C=O) groups excluding carboxylic acids is 1. The number of benzene rings is 1. The number of hydrogen-bond acceptors (Lipinski definition) is 2. The van der Waals surface area contributed by atoms with E-state index in [1.54, 1.807) is 0 Å².